The molecular formula is C25H30N4O. The molecule has 1 N–H and O–H groups in total. The van der Waals surface area contributed by atoms with Gasteiger partial charge >= 0.3 is 0 Å². The molecular weight excluding hydrogens is 372 g/mol. The Balaban J connectivity index is 1.23. The van der Waals surface area contributed by atoms with E-state index >= 15 is 0 Å². The van der Waals surface area contributed by atoms with Crippen LogP contribution in [0.15, 0.2) is 67.3 Å². The highest BCUT2D eigenvalue weighted by Crippen LogP contribution is 2.20. The maximum atomic E-state index is 12.7. The molecule has 0 bridgehead atoms. The summed E-state index contributed by atoms with van der Waals surface area (Å²) in [7, 11) is 0. The number of rotatable bonds is 7. The van der Waals surface area contributed by atoms with Crippen LogP contribution in [0.2, 0.25) is 0 Å². The van der Waals surface area contributed by atoms with Gasteiger partial charge in [-0.3, -0.25) is 9.69 Å². The quantitative estimate of drug-likeness (QED) is 0.655. The van der Waals surface area contributed by atoms with Crippen molar-refractivity contribution >= 4 is 5.91 Å². The number of likely N-dealkylation sites (tertiary alicyclic amines) is 1. The van der Waals surface area contributed by atoms with Crippen molar-refractivity contribution in [2.75, 3.05) is 13.1 Å². The number of amides is 1. The molecule has 2 heterocycles. The van der Waals surface area contributed by atoms with Gasteiger partial charge in [0, 0.05) is 37.9 Å². The Kier molecular flexibility index (Phi) is 6.60. The first-order valence-corrected chi connectivity index (χ1v) is 10.7. The number of carbonyl (C=O) groups is 1. The molecule has 2 aromatic carbocycles. The molecule has 30 heavy (non-hydrogen) atoms. The van der Waals surface area contributed by atoms with E-state index in [1.165, 1.54) is 16.7 Å². The molecule has 0 atom stereocenters. The van der Waals surface area contributed by atoms with Crippen LogP contribution in [0.1, 0.15) is 35.1 Å². The van der Waals surface area contributed by atoms with Crippen LogP contribution in [0.25, 0.3) is 0 Å². The van der Waals surface area contributed by atoms with Gasteiger partial charge in [0.2, 0.25) is 5.91 Å². The lowest BCUT2D eigenvalue weighted by Gasteiger charge is -2.31. The minimum atomic E-state index is 0.118. The van der Waals surface area contributed by atoms with Crippen molar-refractivity contribution in [2.24, 2.45) is 5.92 Å². The van der Waals surface area contributed by atoms with Gasteiger partial charge in [0.15, 0.2) is 0 Å². The summed E-state index contributed by atoms with van der Waals surface area (Å²) in [6, 6.07) is 17.1. The molecule has 0 unspecified atom stereocenters. The average Bonchev–Trinajstić information content (AvgIpc) is 3.26. The molecule has 4 rings (SSSR count). The topological polar surface area (TPSA) is 50.2 Å². The molecule has 5 nitrogen and oxygen atoms in total. The normalized spacial score (nSPS) is 15.2. The summed E-state index contributed by atoms with van der Waals surface area (Å²) >= 11 is 0. The minimum absolute atomic E-state index is 0.118. The number of piperidine rings is 1. The second-order valence-corrected chi connectivity index (χ2v) is 8.31. The fraction of sp³-hybridized carbons (Fsp3) is 0.360. The van der Waals surface area contributed by atoms with Crippen LogP contribution in [0.3, 0.4) is 0 Å². The van der Waals surface area contributed by atoms with Crippen LogP contribution in [-0.4, -0.2) is 33.4 Å². The summed E-state index contributed by atoms with van der Waals surface area (Å²) < 4.78 is 2.04. The third-order valence-corrected chi connectivity index (χ3v) is 5.83. The predicted molar refractivity (Wildman–Crippen MR) is 119 cm³/mol. The van der Waals surface area contributed by atoms with Gasteiger partial charge in [-0.2, -0.15) is 0 Å². The smallest absolute Gasteiger partial charge is 0.223 e. The third kappa shape index (κ3) is 5.57. The summed E-state index contributed by atoms with van der Waals surface area (Å²) in [6.45, 7) is 6.44. The number of imidazole rings is 1. The van der Waals surface area contributed by atoms with Crippen molar-refractivity contribution in [3.63, 3.8) is 0 Å². The van der Waals surface area contributed by atoms with Gasteiger partial charge in [-0.1, -0.05) is 54.1 Å². The lowest BCUT2D eigenvalue weighted by Crippen LogP contribution is -2.40. The molecule has 0 radical (unpaired) electrons. The van der Waals surface area contributed by atoms with Crippen LogP contribution < -0.4 is 5.32 Å². The summed E-state index contributed by atoms with van der Waals surface area (Å²) in [5.74, 6) is 0.304. The molecule has 1 fully saturated rings. The van der Waals surface area contributed by atoms with Crippen molar-refractivity contribution in [2.45, 2.75) is 39.4 Å². The molecule has 1 aromatic heterocycles. The first-order chi connectivity index (χ1) is 14.7. The SMILES string of the molecule is Cc1cccc(CN2CCC(C(=O)NCc3cccc(Cn4ccnc4)c3)CC2)c1. The van der Waals surface area contributed by atoms with E-state index in [2.05, 4.69) is 70.7 Å². The molecule has 0 saturated carbocycles. The highest BCUT2D eigenvalue weighted by Gasteiger charge is 2.24. The standard InChI is InChI=1S/C25H30N4O/c1-20-4-2-6-22(14-20)17-28-11-8-24(9-12-28)25(30)27-16-21-5-3-7-23(15-21)18-29-13-10-26-19-29/h2-7,10,13-15,19,24H,8-9,11-12,16-18H2,1H3,(H,27,30). The van der Waals surface area contributed by atoms with Gasteiger partial charge in [0.25, 0.3) is 0 Å². The van der Waals surface area contributed by atoms with Crippen molar-refractivity contribution in [1.82, 2.24) is 19.8 Å². The molecule has 1 amide bonds. The first kappa shape index (κ1) is 20.4. The van der Waals surface area contributed by atoms with Crippen LogP contribution in [0, 0.1) is 12.8 Å². The first-order valence-electron chi connectivity index (χ1n) is 10.7. The maximum absolute atomic E-state index is 12.7. The van der Waals surface area contributed by atoms with E-state index in [0.717, 1.165) is 44.6 Å². The summed E-state index contributed by atoms with van der Waals surface area (Å²) in [6.07, 6.45) is 7.42. The monoisotopic (exact) mass is 402 g/mol. The number of carbonyl (C=O) groups excluding carboxylic acids is 1. The third-order valence-electron chi connectivity index (χ3n) is 5.83. The highest BCUT2D eigenvalue weighted by molar-refractivity contribution is 5.78. The van der Waals surface area contributed by atoms with Gasteiger partial charge in [-0.05, 0) is 49.5 Å². The van der Waals surface area contributed by atoms with E-state index in [4.69, 9.17) is 0 Å². The van der Waals surface area contributed by atoms with Crippen molar-refractivity contribution < 1.29 is 4.79 Å². The summed E-state index contributed by atoms with van der Waals surface area (Å²) in [5.41, 5.74) is 5.01. The lowest BCUT2D eigenvalue weighted by atomic mass is 9.95. The fourth-order valence-corrected chi connectivity index (χ4v) is 4.18. The summed E-state index contributed by atoms with van der Waals surface area (Å²) in [5, 5.41) is 3.15. The molecule has 3 aromatic rings. The van der Waals surface area contributed by atoms with Gasteiger partial charge in [0.05, 0.1) is 6.33 Å². The predicted octanol–water partition coefficient (Wildman–Crippen LogP) is 3.77. The van der Waals surface area contributed by atoms with Crippen molar-refractivity contribution in [3.8, 4) is 0 Å². The average molecular weight is 403 g/mol. The van der Waals surface area contributed by atoms with Crippen molar-refractivity contribution in [1.29, 1.82) is 0 Å². The van der Waals surface area contributed by atoms with E-state index in [9.17, 15) is 4.79 Å². The molecule has 0 aliphatic carbocycles. The fourth-order valence-electron chi connectivity index (χ4n) is 4.18. The van der Waals surface area contributed by atoms with E-state index in [1.54, 1.807) is 6.20 Å². The number of aromatic nitrogens is 2. The molecule has 1 saturated heterocycles. The van der Waals surface area contributed by atoms with E-state index in [1.807, 2.05) is 17.1 Å². The minimum Gasteiger partial charge on any atom is -0.352 e. The van der Waals surface area contributed by atoms with Gasteiger partial charge < -0.3 is 9.88 Å². The zero-order chi connectivity index (χ0) is 20.8. The molecule has 5 heteroatoms. The number of hydrogen-bond acceptors (Lipinski definition) is 3. The largest absolute Gasteiger partial charge is 0.352 e. The Morgan fingerprint density at radius 1 is 1.03 bits per heavy atom. The maximum Gasteiger partial charge on any atom is 0.223 e. The van der Waals surface area contributed by atoms with Crippen LogP contribution >= 0.6 is 0 Å². The molecule has 156 valence electrons. The Hall–Kier alpha value is -2.92. The highest BCUT2D eigenvalue weighted by atomic mass is 16.1. The van der Waals surface area contributed by atoms with Gasteiger partial charge in [0.1, 0.15) is 0 Å². The zero-order valence-corrected chi connectivity index (χ0v) is 17.6. The molecule has 1 aliphatic heterocycles. The van der Waals surface area contributed by atoms with Crippen molar-refractivity contribution in [3.05, 3.63) is 89.5 Å². The van der Waals surface area contributed by atoms with Crippen LogP contribution in [0.5, 0.6) is 0 Å². The second-order valence-electron chi connectivity index (χ2n) is 8.31. The Morgan fingerprint density at radius 2 is 1.77 bits per heavy atom. The Morgan fingerprint density at radius 3 is 2.50 bits per heavy atom. The van der Waals surface area contributed by atoms with Gasteiger partial charge in [-0.15, -0.1) is 0 Å². The Labute approximate surface area is 178 Å². The number of aryl methyl sites for hydroxylation is 1. The van der Waals surface area contributed by atoms with E-state index in [0.29, 0.717) is 6.54 Å². The molecule has 1 aliphatic rings. The second kappa shape index (κ2) is 9.72. The number of hydrogen-bond donors (Lipinski definition) is 1. The molecule has 0 spiro atoms. The summed E-state index contributed by atoms with van der Waals surface area (Å²) in [4.78, 5) is 19.2. The Bertz CT molecular complexity index is 959. The van der Waals surface area contributed by atoms with Gasteiger partial charge in [-0.25, -0.2) is 4.98 Å². The van der Waals surface area contributed by atoms with Crippen LogP contribution in [0.4, 0.5) is 0 Å². The zero-order valence-electron chi connectivity index (χ0n) is 17.6. The number of nitrogens with zero attached hydrogens (tertiary/aromatic N) is 3. The lowest BCUT2D eigenvalue weighted by molar-refractivity contribution is -0.126. The van der Waals surface area contributed by atoms with Crippen LogP contribution in [-0.2, 0) is 24.4 Å². The van der Waals surface area contributed by atoms with E-state index in [-0.39, 0.29) is 11.8 Å². The number of nitrogens with one attached hydrogen (secondary N) is 1. The number of benzene rings is 2. The van der Waals surface area contributed by atoms with E-state index < -0.39 is 0 Å².